The quantitative estimate of drug-likeness (QED) is 0.737. The molecule has 124 valence electrons. The summed E-state index contributed by atoms with van der Waals surface area (Å²) in [7, 11) is 3.10. The lowest BCUT2D eigenvalue weighted by atomic mass is 10.2. The molecule has 0 amide bonds. The van der Waals surface area contributed by atoms with Gasteiger partial charge in [-0.2, -0.15) is 0 Å². The maximum atomic E-state index is 10.6. The zero-order valence-electron chi connectivity index (χ0n) is 12.5. The second kappa shape index (κ2) is 9.54. The van der Waals surface area contributed by atoms with Crippen LogP contribution in [0.1, 0.15) is 15.9 Å². The molecular weight excluding hydrogens is 432 g/mol. The highest BCUT2D eigenvalue weighted by Crippen LogP contribution is 2.22. The van der Waals surface area contributed by atoms with E-state index in [-0.39, 0.29) is 12.2 Å². The monoisotopic (exact) mass is 446 g/mol. The lowest BCUT2D eigenvalue weighted by Crippen LogP contribution is -1.98. The number of carboxylic acids is 1. The minimum Gasteiger partial charge on any atom is -0.497 e. The Morgan fingerprint density at radius 3 is 2.00 bits per heavy atom. The van der Waals surface area contributed by atoms with Crippen LogP contribution in [0.15, 0.2) is 45.3 Å². The minimum absolute atomic E-state index is 0.0256. The van der Waals surface area contributed by atoms with Crippen molar-refractivity contribution in [1.29, 1.82) is 0 Å². The Hall–Kier alpha value is -1.57. The highest BCUT2D eigenvalue weighted by molar-refractivity contribution is 9.10. The molecule has 0 unspecified atom stereocenters. The van der Waals surface area contributed by atoms with Crippen LogP contribution in [0, 0.1) is 0 Å². The molecule has 0 aromatic heterocycles. The lowest BCUT2D eigenvalue weighted by molar-refractivity contribution is 0.0695. The van der Waals surface area contributed by atoms with Crippen LogP contribution in [0.4, 0.5) is 0 Å². The average Bonchev–Trinajstić information content (AvgIpc) is 2.56. The Morgan fingerprint density at radius 2 is 1.52 bits per heavy atom. The number of carbonyl (C=O) groups is 1. The third-order valence-corrected chi connectivity index (χ3v) is 4.29. The van der Waals surface area contributed by atoms with Crippen LogP contribution in [-0.4, -0.2) is 30.4 Å². The number of benzene rings is 2. The van der Waals surface area contributed by atoms with E-state index in [1.807, 2.05) is 12.1 Å². The van der Waals surface area contributed by atoms with Gasteiger partial charge in [-0.15, -0.1) is 0 Å². The first-order valence-electron chi connectivity index (χ1n) is 6.43. The molecule has 2 N–H and O–H groups in total. The number of aromatic carboxylic acids is 1. The van der Waals surface area contributed by atoms with E-state index in [2.05, 4.69) is 31.9 Å². The van der Waals surface area contributed by atoms with Crippen molar-refractivity contribution >= 4 is 37.8 Å². The summed E-state index contributed by atoms with van der Waals surface area (Å²) in [5.41, 5.74) is 1.04. The molecule has 0 bridgehead atoms. The number of hydrogen-bond donors (Lipinski definition) is 2. The SMILES string of the molecule is COc1ccc(Br)c(C(=O)O)c1.COc1ccc(Br)c(CO)c1. The maximum absolute atomic E-state index is 10.6. The molecule has 0 atom stereocenters. The van der Waals surface area contributed by atoms with Crippen molar-refractivity contribution in [3.63, 3.8) is 0 Å². The predicted molar refractivity (Wildman–Crippen MR) is 94.3 cm³/mol. The molecule has 2 rings (SSSR count). The molecule has 7 heteroatoms. The van der Waals surface area contributed by atoms with Crippen molar-refractivity contribution in [1.82, 2.24) is 0 Å². The zero-order chi connectivity index (χ0) is 17.4. The molecule has 0 aliphatic heterocycles. The molecule has 0 fully saturated rings. The second-order valence-corrected chi connectivity index (χ2v) is 5.98. The van der Waals surface area contributed by atoms with Gasteiger partial charge in [0.05, 0.1) is 26.4 Å². The van der Waals surface area contributed by atoms with E-state index in [1.165, 1.54) is 13.2 Å². The van der Waals surface area contributed by atoms with E-state index in [4.69, 9.17) is 19.7 Å². The molecule has 0 aliphatic rings. The molecule has 2 aromatic carbocycles. The van der Waals surface area contributed by atoms with Gasteiger partial charge in [-0.3, -0.25) is 0 Å². The molecule has 0 spiro atoms. The minimum atomic E-state index is -0.972. The Balaban J connectivity index is 0.000000231. The van der Waals surface area contributed by atoms with Crippen molar-refractivity contribution in [2.75, 3.05) is 14.2 Å². The van der Waals surface area contributed by atoms with Gasteiger partial charge in [-0.25, -0.2) is 4.79 Å². The molecule has 0 heterocycles. The smallest absolute Gasteiger partial charge is 0.336 e. The summed E-state index contributed by atoms with van der Waals surface area (Å²) in [5, 5.41) is 17.6. The van der Waals surface area contributed by atoms with Crippen LogP contribution in [0.25, 0.3) is 0 Å². The second-order valence-electron chi connectivity index (χ2n) is 4.27. The van der Waals surface area contributed by atoms with Crippen molar-refractivity contribution in [3.8, 4) is 11.5 Å². The van der Waals surface area contributed by atoms with E-state index in [0.717, 1.165) is 15.8 Å². The van der Waals surface area contributed by atoms with Gasteiger partial charge in [-0.1, -0.05) is 15.9 Å². The number of ether oxygens (including phenoxy) is 2. The van der Waals surface area contributed by atoms with Gasteiger partial charge < -0.3 is 19.7 Å². The summed E-state index contributed by atoms with van der Waals surface area (Å²) in [6.45, 7) is 0.0256. The molecule has 5 nitrogen and oxygen atoms in total. The topological polar surface area (TPSA) is 76.0 Å². The predicted octanol–water partition coefficient (Wildman–Crippen LogP) is 4.11. The summed E-state index contributed by atoms with van der Waals surface area (Å²) >= 11 is 6.43. The van der Waals surface area contributed by atoms with Gasteiger partial charge >= 0.3 is 5.97 Å². The summed E-state index contributed by atoms with van der Waals surface area (Å²) < 4.78 is 11.3. The van der Waals surface area contributed by atoms with Gasteiger partial charge in [0.2, 0.25) is 0 Å². The Labute approximate surface area is 151 Å². The molecule has 0 radical (unpaired) electrons. The number of carboxylic acid groups (broad SMARTS) is 1. The van der Waals surface area contributed by atoms with Crippen molar-refractivity contribution < 1.29 is 24.5 Å². The Bertz CT molecular complexity index is 674. The number of hydrogen-bond acceptors (Lipinski definition) is 4. The van der Waals surface area contributed by atoms with Gasteiger partial charge in [0.25, 0.3) is 0 Å². The van der Waals surface area contributed by atoms with E-state index in [0.29, 0.717) is 10.2 Å². The molecule has 23 heavy (non-hydrogen) atoms. The fourth-order valence-corrected chi connectivity index (χ4v) is 2.38. The normalized spacial score (nSPS) is 9.61. The van der Waals surface area contributed by atoms with E-state index in [1.54, 1.807) is 25.3 Å². The summed E-state index contributed by atoms with van der Waals surface area (Å²) in [6.07, 6.45) is 0. The first-order valence-corrected chi connectivity index (χ1v) is 8.01. The van der Waals surface area contributed by atoms with Gasteiger partial charge in [0.1, 0.15) is 11.5 Å². The lowest BCUT2D eigenvalue weighted by Gasteiger charge is -2.03. The fourth-order valence-electron chi connectivity index (χ4n) is 1.59. The summed E-state index contributed by atoms with van der Waals surface area (Å²) in [5.74, 6) is 0.327. The number of aliphatic hydroxyl groups excluding tert-OH is 1. The van der Waals surface area contributed by atoms with Gasteiger partial charge in [-0.05, 0) is 57.9 Å². The van der Waals surface area contributed by atoms with E-state index < -0.39 is 5.97 Å². The molecule has 0 saturated heterocycles. The largest absolute Gasteiger partial charge is 0.497 e. The number of aliphatic hydroxyl groups is 1. The molecular formula is C16H16Br2O5. The van der Waals surface area contributed by atoms with Crippen molar-refractivity contribution in [3.05, 3.63) is 56.5 Å². The van der Waals surface area contributed by atoms with E-state index >= 15 is 0 Å². The summed E-state index contributed by atoms with van der Waals surface area (Å²) in [6, 6.07) is 10.3. The van der Waals surface area contributed by atoms with Crippen LogP contribution in [-0.2, 0) is 6.61 Å². The first-order chi connectivity index (χ1) is 10.9. The Morgan fingerprint density at radius 1 is 1.00 bits per heavy atom. The van der Waals surface area contributed by atoms with Gasteiger partial charge in [0.15, 0.2) is 0 Å². The average molecular weight is 448 g/mol. The third kappa shape index (κ3) is 5.85. The van der Waals surface area contributed by atoms with E-state index in [9.17, 15) is 4.79 Å². The fraction of sp³-hybridized carbons (Fsp3) is 0.188. The first kappa shape index (κ1) is 19.5. The Kier molecular flexibility index (Phi) is 8.08. The van der Waals surface area contributed by atoms with Crippen molar-refractivity contribution in [2.24, 2.45) is 0 Å². The number of rotatable bonds is 4. The molecule has 2 aromatic rings. The van der Waals surface area contributed by atoms with Crippen LogP contribution in [0.5, 0.6) is 11.5 Å². The standard InChI is InChI=1S/C8H7BrO3.C8H9BrO2/c1-12-5-2-3-7(9)6(4-5)8(10)11;1-11-7-2-3-8(9)6(4-7)5-10/h2-4H,1H3,(H,10,11);2-4,10H,5H2,1H3. The van der Waals surface area contributed by atoms with Crippen LogP contribution in [0.3, 0.4) is 0 Å². The number of methoxy groups -OCH3 is 2. The third-order valence-electron chi connectivity index (χ3n) is 2.83. The summed E-state index contributed by atoms with van der Waals surface area (Å²) in [4.78, 5) is 10.6. The van der Waals surface area contributed by atoms with Crippen molar-refractivity contribution in [2.45, 2.75) is 6.61 Å². The number of halogens is 2. The van der Waals surface area contributed by atoms with Crippen LogP contribution in [0.2, 0.25) is 0 Å². The molecule has 0 saturated carbocycles. The highest BCUT2D eigenvalue weighted by Gasteiger charge is 2.08. The molecule has 0 aliphatic carbocycles. The van der Waals surface area contributed by atoms with Gasteiger partial charge in [0, 0.05) is 8.95 Å². The maximum Gasteiger partial charge on any atom is 0.336 e. The van der Waals surface area contributed by atoms with Crippen LogP contribution >= 0.6 is 31.9 Å². The highest BCUT2D eigenvalue weighted by atomic mass is 79.9. The zero-order valence-corrected chi connectivity index (χ0v) is 15.7. The van der Waals surface area contributed by atoms with Crippen LogP contribution < -0.4 is 9.47 Å².